The van der Waals surface area contributed by atoms with Gasteiger partial charge in [-0.1, -0.05) is 23.7 Å². The summed E-state index contributed by atoms with van der Waals surface area (Å²) in [7, 11) is 0. The number of hydrogen-bond donors (Lipinski definition) is 3. The minimum atomic E-state index is -0.913. The lowest BCUT2D eigenvalue weighted by Gasteiger charge is -2.11. The maximum absolute atomic E-state index is 11.9. The fraction of sp³-hybridized carbons (Fsp3) is 0.167. The van der Waals surface area contributed by atoms with Crippen molar-refractivity contribution >= 4 is 35.2 Å². The van der Waals surface area contributed by atoms with Gasteiger partial charge in [0.25, 0.3) is 5.91 Å². The van der Waals surface area contributed by atoms with Crippen molar-refractivity contribution < 1.29 is 24.2 Å². The van der Waals surface area contributed by atoms with Crippen LogP contribution >= 0.6 is 11.6 Å². The first-order valence-corrected chi connectivity index (χ1v) is 7.98. The molecule has 0 fully saturated rings. The molecule has 0 aliphatic rings. The summed E-state index contributed by atoms with van der Waals surface area (Å²) in [5.74, 6) is -2.09. The lowest BCUT2D eigenvalue weighted by Crippen LogP contribution is -2.37. The number of rotatable bonds is 4. The molecule has 0 saturated carbocycles. The molecule has 136 valence electrons. The molecule has 3 N–H and O–H groups in total. The van der Waals surface area contributed by atoms with Crippen molar-refractivity contribution in [3.63, 3.8) is 0 Å². The molecule has 0 atom stereocenters. The molecular weight excluding hydrogens is 360 g/mol. The van der Waals surface area contributed by atoms with Gasteiger partial charge in [0.15, 0.2) is 6.61 Å². The van der Waals surface area contributed by atoms with Gasteiger partial charge in [-0.05, 0) is 49.2 Å². The average molecular weight is 377 g/mol. The zero-order valence-electron chi connectivity index (χ0n) is 14.1. The normalized spacial score (nSPS) is 10.1. The van der Waals surface area contributed by atoms with Crippen molar-refractivity contribution in [2.24, 2.45) is 0 Å². The highest BCUT2D eigenvalue weighted by molar-refractivity contribution is 6.30. The number of urea groups is 1. The fourth-order valence-corrected chi connectivity index (χ4v) is 2.26. The smallest absolute Gasteiger partial charge is 0.342 e. The van der Waals surface area contributed by atoms with Gasteiger partial charge in [-0.2, -0.15) is 0 Å². The molecule has 7 nitrogen and oxygen atoms in total. The Balaban J connectivity index is 1.87. The number of esters is 1. The molecular formula is C18H17ClN2O5. The van der Waals surface area contributed by atoms with Gasteiger partial charge >= 0.3 is 12.0 Å². The van der Waals surface area contributed by atoms with Gasteiger partial charge in [0.05, 0.1) is 0 Å². The van der Waals surface area contributed by atoms with E-state index in [0.717, 1.165) is 11.1 Å². The summed E-state index contributed by atoms with van der Waals surface area (Å²) >= 11 is 5.67. The first kappa shape index (κ1) is 19.3. The summed E-state index contributed by atoms with van der Waals surface area (Å²) in [5.41, 5.74) is 2.30. The molecule has 8 heteroatoms. The molecule has 26 heavy (non-hydrogen) atoms. The van der Waals surface area contributed by atoms with E-state index in [9.17, 15) is 19.5 Å². The predicted octanol–water partition coefficient (Wildman–Crippen LogP) is 3.17. The lowest BCUT2D eigenvalue weighted by atomic mass is 10.1. The molecule has 2 rings (SSSR count). The number of anilines is 1. The molecule has 0 heterocycles. The standard InChI is InChI=1S/C18H17ClN2O5/c1-10-4-3-5-14(11(10)2)20-18(25)21-16(23)9-26-17(24)13-7-6-12(19)8-15(13)22/h3-8,22H,9H2,1-2H3,(H2,20,21,23,25). The molecule has 0 aromatic heterocycles. The van der Waals surface area contributed by atoms with E-state index in [1.54, 1.807) is 12.1 Å². The average Bonchev–Trinajstić information content (AvgIpc) is 2.57. The molecule has 0 spiro atoms. The third-order valence-corrected chi connectivity index (χ3v) is 3.85. The SMILES string of the molecule is Cc1cccc(NC(=O)NC(=O)COC(=O)c2ccc(Cl)cc2O)c1C. The maximum Gasteiger partial charge on any atom is 0.342 e. The van der Waals surface area contributed by atoms with E-state index in [1.807, 2.05) is 19.9 Å². The second kappa shape index (κ2) is 8.35. The van der Waals surface area contributed by atoms with Crippen LogP contribution in [0.1, 0.15) is 21.5 Å². The zero-order chi connectivity index (χ0) is 19.3. The lowest BCUT2D eigenvalue weighted by molar-refractivity contribution is -0.123. The van der Waals surface area contributed by atoms with Gasteiger partial charge in [0, 0.05) is 10.7 Å². The molecule has 0 unspecified atom stereocenters. The number of phenolic OH excluding ortho intramolecular Hbond substituents is 1. The Morgan fingerprint density at radius 1 is 1.15 bits per heavy atom. The monoisotopic (exact) mass is 376 g/mol. The topological polar surface area (TPSA) is 105 Å². The van der Waals surface area contributed by atoms with Crippen LogP contribution in [-0.2, 0) is 9.53 Å². The Kier molecular flexibility index (Phi) is 6.19. The third kappa shape index (κ3) is 4.97. The first-order valence-electron chi connectivity index (χ1n) is 7.60. The van der Waals surface area contributed by atoms with Crippen LogP contribution in [-0.4, -0.2) is 29.6 Å². The minimum Gasteiger partial charge on any atom is -0.507 e. The van der Waals surface area contributed by atoms with Crippen molar-refractivity contribution in [2.45, 2.75) is 13.8 Å². The Morgan fingerprint density at radius 2 is 1.88 bits per heavy atom. The fourth-order valence-electron chi connectivity index (χ4n) is 2.09. The van der Waals surface area contributed by atoms with Crippen LogP contribution in [0.5, 0.6) is 5.75 Å². The quantitative estimate of drug-likeness (QED) is 0.711. The van der Waals surface area contributed by atoms with Gasteiger partial charge < -0.3 is 15.2 Å². The summed E-state index contributed by atoms with van der Waals surface area (Å²) < 4.78 is 4.77. The molecule has 0 radical (unpaired) electrons. The number of carbonyl (C=O) groups is 3. The molecule has 0 aliphatic carbocycles. The number of imide groups is 1. The Labute approximate surface area is 154 Å². The minimum absolute atomic E-state index is 0.137. The highest BCUT2D eigenvalue weighted by Crippen LogP contribution is 2.22. The number of hydrogen-bond acceptors (Lipinski definition) is 5. The number of benzene rings is 2. The number of amides is 3. The van der Waals surface area contributed by atoms with E-state index >= 15 is 0 Å². The van der Waals surface area contributed by atoms with Crippen LogP contribution in [0.4, 0.5) is 10.5 Å². The highest BCUT2D eigenvalue weighted by atomic mass is 35.5. The van der Waals surface area contributed by atoms with Gasteiger partial charge in [-0.15, -0.1) is 0 Å². The predicted molar refractivity (Wildman–Crippen MR) is 96.5 cm³/mol. The van der Waals surface area contributed by atoms with E-state index in [4.69, 9.17) is 16.3 Å². The number of nitrogens with one attached hydrogen (secondary N) is 2. The second-order valence-corrected chi connectivity index (χ2v) is 5.92. The van der Waals surface area contributed by atoms with Crippen molar-refractivity contribution in [1.29, 1.82) is 0 Å². The number of carbonyl (C=O) groups excluding carboxylic acids is 3. The van der Waals surface area contributed by atoms with Crippen LogP contribution < -0.4 is 10.6 Å². The van der Waals surface area contributed by atoms with Gasteiger partial charge in [0.1, 0.15) is 11.3 Å². The summed E-state index contributed by atoms with van der Waals surface area (Å²) in [6, 6.07) is 8.48. The van der Waals surface area contributed by atoms with E-state index < -0.39 is 24.5 Å². The molecule has 0 bridgehead atoms. The number of ether oxygens (including phenoxy) is 1. The van der Waals surface area contributed by atoms with E-state index in [1.165, 1.54) is 18.2 Å². The second-order valence-electron chi connectivity index (χ2n) is 5.49. The summed E-state index contributed by atoms with van der Waals surface area (Å²) in [6.07, 6.45) is 0. The Morgan fingerprint density at radius 3 is 2.58 bits per heavy atom. The highest BCUT2D eigenvalue weighted by Gasteiger charge is 2.16. The van der Waals surface area contributed by atoms with Gasteiger partial charge in [0.2, 0.25) is 0 Å². The molecule has 2 aromatic carbocycles. The summed E-state index contributed by atoms with van der Waals surface area (Å²) in [6.45, 7) is 3.06. The molecule has 0 saturated heterocycles. The van der Waals surface area contributed by atoms with E-state index in [-0.39, 0.29) is 16.3 Å². The van der Waals surface area contributed by atoms with Crippen molar-refractivity contribution in [2.75, 3.05) is 11.9 Å². The third-order valence-electron chi connectivity index (χ3n) is 3.62. The molecule has 3 amide bonds. The van der Waals surface area contributed by atoms with E-state index in [0.29, 0.717) is 5.69 Å². The largest absolute Gasteiger partial charge is 0.507 e. The van der Waals surface area contributed by atoms with Gasteiger partial charge in [-0.3, -0.25) is 10.1 Å². The first-order chi connectivity index (χ1) is 12.3. The number of halogens is 1. The van der Waals surface area contributed by atoms with Crippen molar-refractivity contribution in [1.82, 2.24) is 5.32 Å². The van der Waals surface area contributed by atoms with Crippen LogP contribution in [0.2, 0.25) is 5.02 Å². The summed E-state index contributed by atoms with van der Waals surface area (Å²) in [4.78, 5) is 35.4. The number of aryl methyl sites for hydroxylation is 1. The van der Waals surface area contributed by atoms with E-state index in [2.05, 4.69) is 10.6 Å². The van der Waals surface area contributed by atoms with Crippen molar-refractivity contribution in [3.8, 4) is 5.75 Å². The number of phenols is 1. The zero-order valence-corrected chi connectivity index (χ0v) is 14.9. The summed E-state index contributed by atoms with van der Waals surface area (Å²) in [5, 5.41) is 14.5. The van der Waals surface area contributed by atoms with Crippen LogP contribution in [0, 0.1) is 13.8 Å². The van der Waals surface area contributed by atoms with Crippen molar-refractivity contribution in [3.05, 3.63) is 58.1 Å². The molecule has 0 aliphatic heterocycles. The van der Waals surface area contributed by atoms with Gasteiger partial charge in [-0.25, -0.2) is 9.59 Å². The maximum atomic E-state index is 11.9. The number of aromatic hydroxyl groups is 1. The van der Waals surface area contributed by atoms with Crippen LogP contribution in [0.3, 0.4) is 0 Å². The Bertz CT molecular complexity index is 867. The van der Waals surface area contributed by atoms with Crippen LogP contribution in [0.25, 0.3) is 0 Å². The Hall–Kier alpha value is -3.06. The molecule has 2 aromatic rings. The van der Waals surface area contributed by atoms with Crippen LogP contribution in [0.15, 0.2) is 36.4 Å².